The molecule has 1 aromatic rings. The van der Waals surface area contributed by atoms with Crippen LogP contribution in [0.4, 0.5) is 0 Å². The molecule has 0 unspecified atom stereocenters. The van der Waals surface area contributed by atoms with Crippen LogP contribution in [-0.2, 0) is 13.5 Å². The monoisotopic (exact) mass is 362 g/mol. The first-order chi connectivity index (χ1) is 6.66. The normalized spacial score (nSPS) is 10.1. The van der Waals surface area contributed by atoms with Gasteiger partial charge in [0.15, 0.2) is 0 Å². The van der Waals surface area contributed by atoms with Gasteiger partial charge in [-0.1, -0.05) is 26.2 Å². The van der Waals surface area contributed by atoms with Gasteiger partial charge in [0.2, 0.25) is 0 Å². The van der Waals surface area contributed by atoms with Crippen molar-refractivity contribution in [3.05, 3.63) is 16.1 Å². The Bertz CT molecular complexity index is 300. The summed E-state index contributed by atoms with van der Waals surface area (Å²) in [5.41, 5.74) is 0. The molecule has 88 valence electrons. The SMILES string of the molecule is CCCCCCc1[nH]c(Cl)c(Cl)[n+]1C.[I-]. The number of aryl methyl sites for hydroxylation is 1. The van der Waals surface area contributed by atoms with Crippen molar-refractivity contribution in [3.63, 3.8) is 0 Å². The quantitative estimate of drug-likeness (QED) is 0.441. The topological polar surface area (TPSA) is 19.7 Å². The first-order valence-electron chi connectivity index (χ1n) is 5.08. The number of aromatic amines is 1. The molecule has 0 bridgehead atoms. The largest absolute Gasteiger partial charge is 1.00 e. The average Bonchev–Trinajstić information content (AvgIpc) is 2.41. The minimum Gasteiger partial charge on any atom is -1.00 e. The molecule has 0 saturated carbocycles. The highest BCUT2D eigenvalue weighted by atomic mass is 127. The lowest BCUT2D eigenvalue weighted by molar-refractivity contribution is -0.675. The van der Waals surface area contributed by atoms with E-state index in [1.165, 1.54) is 25.7 Å². The number of hydrogen-bond donors (Lipinski definition) is 1. The van der Waals surface area contributed by atoms with Crippen LogP contribution in [-0.4, -0.2) is 4.98 Å². The van der Waals surface area contributed by atoms with Crippen LogP contribution in [0.25, 0.3) is 0 Å². The summed E-state index contributed by atoms with van der Waals surface area (Å²) in [5.74, 6) is 1.11. The van der Waals surface area contributed by atoms with Gasteiger partial charge in [-0.2, -0.15) is 0 Å². The van der Waals surface area contributed by atoms with Gasteiger partial charge in [0.05, 0.1) is 7.05 Å². The summed E-state index contributed by atoms with van der Waals surface area (Å²) in [5, 5.41) is 1.14. The Hall–Kier alpha value is 0.520. The molecule has 0 radical (unpaired) electrons. The Balaban J connectivity index is 0.00000196. The van der Waals surface area contributed by atoms with Crippen molar-refractivity contribution in [2.45, 2.75) is 39.0 Å². The number of aromatic nitrogens is 2. The molecule has 1 rings (SSSR count). The van der Waals surface area contributed by atoms with Gasteiger partial charge in [-0.25, -0.2) is 9.55 Å². The molecular weight excluding hydrogens is 346 g/mol. The Kier molecular flexibility index (Phi) is 8.01. The maximum Gasteiger partial charge on any atom is 0.256 e. The molecule has 0 saturated heterocycles. The number of H-pyrrole nitrogens is 1. The van der Waals surface area contributed by atoms with Crippen LogP contribution < -0.4 is 28.5 Å². The smallest absolute Gasteiger partial charge is 0.256 e. The zero-order chi connectivity index (χ0) is 10.6. The van der Waals surface area contributed by atoms with Gasteiger partial charge in [0.1, 0.15) is 0 Å². The number of nitrogens with zero attached hydrogens (tertiary/aromatic N) is 1. The molecule has 0 aromatic carbocycles. The summed E-state index contributed by atoms with van der Waals surface area (Å²) in [6.45, 7) is 2.21. The van der Waals surface area contributed by atoms with Gasteiger partial charge in [-0.15, -0.1) is 0 Å². The molecule has 0 spiro atoms. The Morgan fingerprint density at radius 2 is 1.87 bits per heavy atom. The van der Waals surface area contributed by atoms with Crippen molar-refractivity contribution >= 4 is 23.2 Å². The van der Waals surface area contributed by atoms with Crippen LogP contribution in [0.2, 0.25) is 10.3 Å². The van der Waals surface area contributed by atoms with Gasteiger partial charge in [0, 0.05) is 6.42 Å². The van der Waals surface area contributed by atoms with Gasteiger partial charge in [-0.05, 0) is 29.6 Å². The van der Waals surface area contributed by atoms with E-state index in [0.29, 0.717) is 10.3 Å². The zero-order valence-corrected chi connectivity index (χ0v) is 12.8. The molecule has 0 aliphatic heterocycles. The van der Waals surface area contributed by atoms with E-state index in [1.807, 2.05) is 11.6 Å². The predicted molar refractivity (Wildman–Crippen MR) is 59.8 cm³/mol. The third-order valence-electron chi connectivity index (χ3n) is 2.40. The number of hydrogen-bond acceptors (Lipinski definition) is 0. The van der Waals surface area contributed by atoms with E-state index >= 15 is 0 Å². The van der Waals surface area contributed by atoms with E-state index in [-0.39, 0.29) is 24.0 Å². The Labute approximate surface area is 118 Å². The molecule has 5 heteroatoms. The van der Waals surface area contributed by atoms with Gasteiger partial charge in [-0.3, -0.25) is 0 Å². The fourth-order valence-corrected chi connectivity index (χ4v) is 1.86. The van der Waals surface area contributed by atoms with Gasteiger partial charge < -0.3 is 24.0 Å². The van der Waals surface area contributed by atoms with E-state index in [1.54, 1.807) is 0 Å². The summed E-state index contributed by atoms with van der Waals surface area (Å²) in [7, 11) is 1.93. The highest BCUT2D eigenvalue weighted by molar-refractivity contribution is 6.39. The first-order valence-corrected chi connectivity index (χ1v) is 5.84. The first kappa shape index (κ1) is 15.5. The van der Waals surface area contributed by atoms with Crippen molar-refractivity contribution in [2.24, 2.45) is 7.05 Å². The van der Waals surface area contributed by atoms with Crippen molar-refractivity contribution in [2.75, 3.05) is 0 Å². The van der Waals surface area contributed by atoms with Crippen LogP contribution in [0.15, 0.2) is 0 Å². The van der Waals surface area contributed by atoms with E-state index < -0.39 is 0 Å². The van der Waals surface area contributed by atoms with Crippen molar-refractivity contribution in [3.8, 4) is 0 Å². The van der Waals surface area contributed by atoms with E-state index in [2.05, 4.69) is 11.9 Å². The summed E-state index contributed by atoms with van der Waals surface area (Å²) in [6.07, 6.45) is 6.03. The van der Waals surface area contributed by atoms with E-state index in [4.69, 9.17) is 23.2 Å². The van der Waals surface area contributed by atoms with Crippen LogP contribution in [0.1, 0.15) is 38.4 Å². The van der Waals surface area contributed by atoms with E-state index in [9.17, 15) is 0 Å². The number of rotatable bonds is 5. The fourth-order valence-electron chi connectivity index (χ4n) is 1.48. The minimum atomic E-state index is 0. The second-order valence-electron chi connectivity index (χ2n) is 3.55. The summed E-state index contributed by atoms with van der Waals surface area (Å²) < 4.78 is 1.91. The molecule has 0 fully saturated rings. The fraction of sp³-hybridized carbons (Fsp3) is 0.700. The minimum absolute atomic E-state index is 0. The molecule has 0 atom stereocenters. The molecule has 0 amide bonds. The summed E-state index contributed by atoms with van der Waals surface area (Å²) >= 11 is 11.8. The maximum atomic E-state index is 5.94. The maximum absolute atomic E-state index is 5.94. The second-order valence-corrected chi connectivity index (χ2v) is 4.28. The lowest BCUT2D eigenvalue weighted by atomic mass is 10.1. The zero-order valence-electron chi connectivity index (χ0n) is 9.12. The van der Waals surface area contributed by atoms with E-state index in [0.717, 1.165) is 12.2 Å². The molecule has 1 aromatic heterocycles. The van der Waals surface area contributed by atoms with Gasteiger partial charge >= 0.3 is 0 Å². The predicted octanol–water partition coefficient (Wildman–Crippen LogP) is 0.273. The molecule has 0 aliphatic rings. The Morgan fingerprint density at radius 3 is 2.33 bits per heavy atom. The number of nitrogens with one attached hydrogen (secondary N) is 1. The molecular formula is C10H17Cl2IN2. The lowest BCUT2D eigenvalue weighted by Gasteiger charge is -1.95. The van der Waals surface area contributed by atoms with Gasteiger partial charge in [0.25, 0.3) is 16.1 Å². The number of unbranched alkanes of at least 4 members (excludes halogenated alkanes) is 3. The second kappa shape index (κ2) is 7.74. The van der Waals surface area contributed by atoms with Crippen LogP contribution in [0.5, 0.6) is 0 Å². The van der Waals surface area contributed by atoms with Crippen LogP contribution in [0.3, 0.4) is 0 Å². The molecule has 1 heterocycles. The van der Waals surface area contributed by atoms with Crippen LogP contribution >= 0.6 is 23.2 Å². The highest BCUT2D eigenvalue weighted by Crippen LogP contribution is 2.16. The molecule has 2 nitrogen and oxygen atoms in total. The number of imidazole rings is 1. The standard InChI is InChI=1S/C10H16Cl2N2.HI/c1-3-4-5-6-7-8-13-9(11)10(12)14(8)2;/h3-7H2,1-2H3;1H. The third kappa shape index (κ3) is 4.49. The Morgan fingerprint density at radius 1 is 1.20 bits per heavy atom. The lowest BCUT2D eigenvalue weighted by Crippen LogP contribution is -3.00. The third-order valence-corrected chi connectivity index (χ3v) is 3.21. The highest BCUT2D eigenvalue weighted by Gasteiger charge is 2.17. The molecule has 0 aliphatic carbocycles. The molecule has 15 heavy (non-hydrogen) atoms. The van der Waals surface area contributed by atoms with Crippen molar-refractivity contribution < 1.29 is 28.5 Å². The number of halogens is 3. The van der Waals surface area contributed by atoms with Crippen molar-refractivity contribution in [1.29, 1.82) is 0 Å². The average molecular weight is 363 g/mol. The summed E-state index contributed by atoms with van der Waals surface area (Å²) in [6, 6.07) is 0. The summed E-state index contributed by atoms with van der Waals surface area (Å²) in [4.78, 5) is 3.09. The van der Waals surface area contributed by atoms with Crippen LogP contribution in [0, 0.1) is 0 Å². The molecule has 1 N–H and O–H groups in total. The van der Waals surface area contributed by atoms with Crippen molar-refractivity contribution in [1.82, 2.24) is 4.98 Å².